The Morgan fingerprint density at radius 3 is 2.38 bits per heavy atom. The van der Waals surface area contributed by atoms with E-state index in [1.165, 1.54) is 0 Å². The molecule has 0 aliphatic heterocycles. The van der Waals surface area contributed by atoms with Crippen LogP contribution in [-0.4, -0.2) is 43.4 Å². The number of benzene rings is 2. The third-order valence-corrected chi connectivity index (χ3v) is 4.54. The summed E-state index contributed by atoms with van der Waals surface area (Å²) < 4.78 is 16.1. The molecule has 0 atom stereocenters. The normalized spacial score (nSPS) is 10.5. The number of amides is 1. The zero-order valence-corrected chi connectivity index (χ0v) is 16.9. The molecule has 1 heterocycles. The smallest absolute Gasteiger partial charge is 0.322 e. The first-order valence-electron chi connectivity index (χ1n) is 9.31. The molecule has 0 unspecified atom stereocenters. The Hall–Kier alpha value is -3.55. The number of ether oxygens (including phenoxy) is 2. The van der Waals surface area contributed by atoms with Gasteiger partial charge in [0.1, 0.15) is 11.5 Å². The second-order valence-corrected chi connectivity index (χ2v) is 6.15. The largest absolute Gasteiger partial charge is 0.497 e. The molecule has 1 N–H and O–H groups in total. The van der Waals surface area contributed by atoms with Crippen molar-refractivity contribution >= 4 is 17.6 Å². The molecule has 1 aromatic heterocycles. The molecule has 2 aromatic carbocycles. The van der Waals surface area contributed by atoms with Gasteiger partial charge >= 0.3 is 6.01 Å². The van der Waals surface area contributed by atoms with Crippen molar-refractivity contribution in [2.24, 2.45) is 0 Å². The van der Waals surface area contributed by atoms with Crippen molar-refractivity contribution in [3.05, 3.63) is 48.0 Å². The van der Waals surface area contributed by atoms with Crippen molar-refractivity contribution in [2.45, 2.75) is 13.8 Å². The molecule has 29 heavy (non-hydrogen) atoms. The van der Waals surface area contributed by atoms with Crippen LogP contribution in [0.1, 0.15) is 24.2 Å². The van der Waals surface area contributed by atoms with E-state index in [1.807, 2.05) is 12.1 Å². The first kappa shape index (κ1) is 20.2. The van der Waals surface area contributed by atoms with Crippen molar-refractivity contribution < 1.29 is 18.7 Å². The molecule has 3 rings (SSSR count). The molecule has 1 amide bonds. The summed E-state index contributed by atoms with van der Waals surface area (Å²) in [6.45, 7) is 5.99. The van der Waals surface area contributed by atoms with Crippen molar-refractivity contribution in [2.75, 3.05) is 37.5 Å². The predicted molar refractivity (Wildman–Crippen MR) is 111 cm³/mol. The van der Waals surface area contributed by atoms with Gasteiger partial charge < -0.3 is 18.8 Å². The van der Waals surface area contributed by atoms with Gasteiger partial charge in [0.05, 0.1) is 19.8 Å². The fourth-order valence-electron chi connectivity index (χ4n) is 2.94. The van der Waals surface area contributed by atoms with Gasteiger partial charge in [-0.25, -0.2) is 0 Å². The number of hydrogen-bond donors (Lipinski definition) is 1. The lowest BCUT2D eigenvalue weighted by molar-refractivity contribution is 0.102. The molecule has 8 nitrogen and oxygen atoms in total. The van der Waals surface area contributed by atoms with Crippen LogP contribution < -0.4 is 19.7 Å². The second-order valence-electron chi connectivity index (χ2n) is 6.15. The van der Waals surface area contributed by atoms with Gasteiger partial charge in [-0.2, -0.15) is 0 Å². The lowest BCUT2D eigenvalue weighted by Crippen LogP contribution is -2.21. The zero-order chi connectivity index (χ0) is 20.8. The van der Waals surface area contributed by atoms with Gasteiger partial charge in [-0.15, -0.1) is 5.10 Å². The van der Waals surface area contributed by atoms with Gasteiger partial charge in [0.2, 0.25) is 0 Å². The highest BCUT2D eigenvalue weighted by molar-refractivity contribution is 6.03. The van der Waals surface area contributed by atoms with Crippen LogP contribution >= 0.6 is 0 Å². The molecule has 152 valence electrons. The number of rotatable bonds is 8. The minimum absolute atomic E-state index is 0.00990. The van der Waals surface area contributed by atoms with E-state index in [0.29, 0.717) is 22.6 Å². The SMILES string of the molecule is CCN(CC)c1ccc(C(=O)Nc2nnc(-c3ccc(OC)cc3OC)o2)cc1. The number of hydrogen-bond acceptors (Lipinski definition) is 7. The summed E-state index contributed by atoms with van der Waals surface area (Å²) in [4.78, 5) is 14.7. The minimum Gasteiger partial charge on any atom is -0.497 e. The highest BCUT2D eigenvalue weighted by Crippen LogP contribution is 2.33. The van der Waals surface area contributed by atoms with Crippen LogP contribution in [0.15, 0.2) is 46.9 Å². The van der Waals surface area contributed by atoms with Crippen molar-refractivity contribution in [3.63, 3.8) is 0 Å². The third kappa shape index (κ3) is 4.48. The Balaban J connectivity index is 1.74. The molecule has 0 saturated heterocycles. The Kier molecular flexibility index (Phi) is 6.33. The Bertz CT molecular complexity index is 965. The first-order chi connectivity index (χ1) is 14.1. The summed E-state index contributed by atoms with van der Waals surface area (Å²) in [5.41, 5.74) is 2.17. The van der Waals surface area contributed by atoms with E-state index in [0.717, 1.165) is 18.8 Å². The lowest BCUT2D eigenvalue weighted by atomic mass is 10.2. The van der Waals surface area contributed by atoms with Crippen LogP contribution in [0.3, 0.4) is 0 Å². The maximum atomic E-state index is 12.5. The van der Waals surface area contributed by atoms with E-state index in [1.54, 1.807) is 44.6 Å². The standard InChI is InChI=1S/C21H24N4O4/c1-5-25(6-2)15-9-7-14(8-10-15)19(26)22-21-24-23-20(29-21)17-12-11-16(27-3)13-18(17)28-4/h7-13H,5-6H2,1-4H3,(H,22,24,26). The first-order valence-corrected chi connectivity index (χ1v) is 9.31. The van der Waals surface area contributed by atoms with Crippen LogP contribution in [0.2, 0.25) is 0 Å². The number of nitrogens with one attached hydrogen (secondary N) is 1. The van der Waals surface area contributed by atoms with Gasteiger partial charge in [0.15, 0.2) is 0 Å². The summed E-state index contributed by atoms with van der Waals surface area (Å²) in [7, 11) is 3.11. The molecule has 0 bridgehead atoms. The summed E-state index contributed by atoms with van der Waals surface area (Å²) in [5.74, 6) is 1.08. The van der Waals surface area contributed by atoms with Crippen molar-refractivity contribution in [1.29, 1.82) is 0 Å². The highest BCUT2D eigenvalue weighted by Gasteiger charge is 2.16. The maximum absolute atomic E-state index is 12.5. The average molecular weight is 396 g/mol. The molecule has 3 aromatic rings. The fraction of sp³-hybridized carbons (Fsp3) is 0.286. The van der Waals surface area contributed by atoms with Crippen molar-refractivity contribution in [1.82, 2.24) is 10.2 Å². The lowest BCUT2D eigenvalue weighted by Gasteiger charge is -2.20. The van der Waals surface area contributed by atoms with Crippen LogP contribution in [0.5, 0.6) is 11.5 Å². The topological polar surface area (TPSA) is 89.7 Å². The second kappa shape index (κ2) is 9.09. The number of anilines is 2. The Morgan fingerprint density at radius 1 is 1.03 bits per heavy atom. The van der Waals surface area contributed by atoms with Gasteiger partial charge in [-0.1, -0.05) is 5.10 Å². The predicted octanol–water partition coefficient (Wildman–Crippen LogP) is 3.85. The third-order valence-electron chi connectivity index (χ3n) is 4.54. The number of aromatic nitrogens is 2. The van der Waals surface area contributed by atoms with E-state index in [2.05, 4.69) is 34.3 Å². The molecule has 0 radical (unpaired) electrons. The molecule has 0 aliphatic carbocycles. The summed E-state index contributed by atoms with van der Waals surface area (Å²) in [6, 6.07) is 12.6. The monoisotopic (exact) mass is 396 g/mol. The highest BCUT2D eigenvalue weighted by atomic mass is 16.5. The molecular weight excluding hydrogens is 372 g/mol. The van der Waals surface area contributed by atoms with E-state index in [-0.39, 0.29) is 17.8 Å². The van der Waals surface area contributed by atoms with Crippen LogP contribution in [-0.2, 0) is 0 Å². The Labute approximate surface area is 169 Å². The maximum Gasteiger partial charge on any atom is 0.322 e. The number of carbonyl (C=O) groups is 1. The van der Waals surface area contributed by atoms with Crippen molar-refractivity contribution in [3.8, 4) is 23.0 Å². The van der Waals surface area contributed by atoms with Gasteiger partial charge in [-0.05, 0) is 50.2 Å². The zero-order valence-electron chi connectivity index (χ0n) is 16.9. The summed E-state index contributed by atoms with van der Waals surface area (Å²) >= 11 is 0. The minimum atomic E-state index is -0.326. The fourth-order valence-corrected chi connectivity index (χ4v) is 2.94. The average Bonchev–Trinajstić information content (AvgIpc) is 3.22. The number of methoxy groups -OCH3 is 2. The van der Waals surface area contributed by atoms with Crippen LogP contribution in [0.4, 0.5) is 11.7 Å². The molecule has 0 spiro atoms. The van der Waals surface area contributed by atoms with E-state index >= 15 is 0 Å². The Morgan fingerprint density at radius 2 is 1.76 bits per heavy atom. The van der Waals surface area contributed by atoms with Crippen LogP contribution in [0.25, 0.3) is 11.5 Å². The summed E-state index contributed by atoms with van der Waals surface area (Å²) in [5, 5.41) is 10.5. The van der Waals surface area contributed by atoms with Crippen LogP contribution in [0, 0.1) is 0 Å². The van der Waals surface area contributed by atoms with E-state index < -0.39 is 0 Å². The van der Waals surface area contributed by atoms with Gasteiger partial charge in [0.25, 0.3) is 11.8 Å². The molecule has 0 aliphatic rings. The molecule has 8 heteroatoms. The number of nitrogens with zero attached hydrogens (tertiary/aromatic N) is 3. The number of carbonyl (C=O) groups excluding carboxylic acids is 1. The van der Waals surface area contributed by atoms with Gasteiger partial charge in [0, 0.05) is 30.4 Å². The van der Waals surface area contributed by atoms with E-state index in [4.69, 9.17) is 13.9 Å². The molecule has 0 saturated carbocycles. The quantitative estimate of drug-likeness (QED) is 0.618. The molecular formula is C21H24N4O4. The van der Waals surface area contributed by atoms with E-state index in [9.17, 15) is 4.79 Å². The molecule has 0 fully saturated rings. The van der Waals surface area contributed by atoms with Gasteiger partial charge in [-0.3, -0.25) is 10.1 Å². The summed E-state index contributed by atoms with van der Waals surface area (Å²) in [6.07, 6.45) is 0.